The number of carbonyl (C=O) groups excluding carboxylic acids is 1. The first-order chi connectivity index (χ1) is 13.6. The predicted octanol–water partition coefficient (Wildman–Crippen LogP) is 4.33. The van der Waals surface area contributed by atoms with E-state index in [9.17, 15) is 9.18 Å². The van der Waals surface area contributed by atoms with E-state index in [0.717, 1.165) is 31.7 Å². The van der Waals surface area contributed by atoms with Gasteiger partial charge in [0.25, 0.3) is 5.91 Å². The lowest BCUT2D eigenvalue weighted by Crippen LogP contribution is -2.19. The Hall–Kier alpha value is -2.80. The van der Waals surface area contributed by atoms with Gasteiger partial charge in [-0.2, -0.15) is 0 Å². The minimum absolute atomic E-state index is 0.235. The lowest BCUT2D eigenvalue weighted by molar-refractivity contribution is -0.115. The number of hydrogen-bond acceptors (Lipinski definition) is 5. The zero-order valence-electron chi connectivity index (χ0n) is 15.4. The SMILES string of the molecule is COc1ccc(N=C2NC(=O)C(=Cc3ccc(N4CCCC4)c(F)c3)S2)cc1. The van der Waals surface area contributed by atoms with E-state index >= 15 is 0 Å². The molecule has 0 bridgehead atoms. The van der Waals surface area contributed by atoms with E-state index in [0.29, 0.717) is 27.0 Å². The molecule has 28 heavy (non-hydrogen) atoms. The number of rotatable bonds is 4. The van der Waals surface area contributed by atoms with Crippen LogP contribution in [0.15, 0.2) is 52.4 Å². The Morgan fingerprint density at radius 3 is 2.61 bits per heavy atom. The number of methoxy groups -OCH3 is 1. The smallest absolute Gasteiger partial charge is 0.264 e. The standard InChI is InChI=1S/C21H20FN3O2S/c1-27-16-7-5-15(6-8-16)23-21-24-20(26)19(28-21)13-14-4-9-18(17(22)12-14)25-10-2-3-11-25/h4-9,12-13H,2-3,10-11H2,1H3,(H,23,24,26). The molecule has 2 saturated heterocycles. The van der Waals surface area contributed by atoms with Crippen molar-refractivity contribution in [3.63, 3.8) is 0 Å². The largest absolute Gasteiger partial charge is 0.497 e. The van der Waals surface area contributed by atoms with E-state index in [4.69, 9.17) is 4.74 Å². The molecule has 0 aliphatic carbocycles. The highest BCUT2D eigenvalue weighted by Crippen LogP contribution is 2.30. The number of thioether (sulfide) groups is 1. The second kappa shape index (κ2) is 8.06. The van der Waals surface area contributed by atoms with Gasteiger partial charge in [-0.25, -0.2) is 9.38 Å². The molecule has 144 valence electrons. The fourth-order valence-electron chi connectivity index (χ4n) is 3.23. The molecule has 1 N–H and O–H groups in total. The summed E-state index contributed by atoms with van der Waals surface area (Å²) >= 11 is 1.24. The van der Waals surface area contributed by atoms with Crippen LogP contribution in [0.3, 0.4) is 0 Å². The van der Waals surface area contributed by atoms with Crippen LogP contribution in [0.4, 0.5) is 15.8 Å². The number of halogens is 1. The van der Waals surface area contributed by atoms with Crippen molar-refractivity contribution in [1.29, 1.82) is 0 Å². The minimum atomic E-state index is -0.258. The van der Waals surface area contributed by atoms with Crippen molar-refractivity contribution in [3.8, 4) is 5.75 Å². The summed E-state index contributed by atoms with van der Waals surface area (Å²) in [7, 11) is 1.60. The maximum atomic E-state index is 14.5. The molecule has 0 unspecified atom stereocenters. The molecule has 0 aromatic heterocycles. The molecule has 2 fully saturated rings. The van der Waals surface area contributed by atoms with Crippen LogP contribution in [0.5, 0.6) is 5.75 Å². The first-order valence-corrected chi connectivity index (χ1v) is 9.92. The van der Waals surface area contributed by atoms with E-state index < -0.39 is 0 Å². The third-order valence-corrected chi connectivity index (χ3v) is 5.58. The molecule has 1 amide bonds. The highest BCUT2D eigenvalue weighted by molar-refractivity contribution is 8.18. The minimum Gasteiger partial charge on any atom is -0.497 e. The van der Waals surface area contributed by atoms with Crippen LogP contribution in [-0.2, 0) is 4.79 Å². The zero-order chi connectivity index (χ0) is 19.5. The van der Waals surface area contributed by atoms with Crippen LogP contribution in [-0.4, -0.2) is 31.3 Å². The topological polar surface area (TPSA) is 53.9 Å². The first kappa shape index (κ1) is 18.6. The van der Waals surface area contributed by atoms with Crippen LogP contribution in [0.1, 0.15) is 18.4 Å². The number of amides is 1. The van der Waals surface area contributed by atoms with Crippen molar-refractivity contribution in [1.82, 2.24) is 5.32 Å². The van der Waals surface area contributed by atoms with Crippen molar-refractivity contribution < 1.29 is 13.9 Å². The summed E-state index contributed by atoms with van der Waals surface area (Å²) < 4.78 is 19.6. The molecule has 2 aliphatic heterocycles. The fourth-order valence-corrected chi connectivity index (χ4v) is 4.08. The van der Waals surface area contributed by atoms with Crippen LogP contribution in [0, 0.1) is 5.82 Å². The number of benzene rings is 2. The molecule has 4 rings (SSSR count). The van der Waals surface area contributed by atoms with Gasteiger partial charge in [0.1, 0.15) is 11.6 Å². The first-order valence-electron chi connectivity index (χ1n) is 9.10. The van der Waals surface area contributed by atoms with Gasteiger partial charge in [-0.05, 0) is 72.6 Å². The highest BCUT2D eigenvalue weighted by Gasteiger charge is 2.24. The number of aliphatic imine (C=N–C) groups is 1. The monoisotopic (exact) mass is 397 g/mol. The van der Waals surface area contributed by atoms with Crippen molar-refractivity contribution in [2.75, 3.05) is 25.1 Å². The molecular weight excluding hydrogens is 377 g/mol. The summed E-state index contributed by atoms with van der Waals surface area (Å²) in [5, 5.41) is 3.24. The van der Waals surface area contributed by atoms with Crippen molar-refractivity contribution in [2.45, 2.75) is 12.8 Å². The lowest BCUT2D eigenvalue weighted by atomic mass is 10.1. The average Bonchev–Trinajstić information content (AvgIpc) is 3.33. The van der Waals surface area contributed by atoms with Gasteiger partial charge in [0.2, 0.25) is 0 Å². The Balaban J connectivity index is 1.51. The second-order valence-corrected chi connectivity index (χ2v) is 7.62. The van der Waals surface area contributed by atoms with Gasteiger partial charge in [-0.3, -0.25) is 4.79 Å². The van der Waals surface area contributed by atoms with Crippen molar-refractivity contribution >= 4 is 40.3 Å². The van der Waals surface area contributed by atoms with Crippen LogP contribution < -0.4 is 15.0 Å². The van der Waals surface area contributed by atoms with Gasteiger partial charge in [0, 0.05) is 13.1 Å². The van der Waals surface area contributed by atoms with Crippen LogP contribution >= 0.6 is 11.8 Å². The van der Waals surface area contributed by atoms with Gasteiger partial charge in [0.05, 0.1) is 23.4 Å². The molecule has 5 nitrogen and oxygen atoms in total. The van der Waals surface area contributed by atoms with E-state index in [1.807, 2.05) is 30.3 Å². The normalized spacial score (nSPS) is 19.5. The van der Waals surface area contributed by atoms with Gasteiger partial charge in [-0.1, -0.05) is 6.07 Å². The highest BCUT2D eigenvalue weighted by atomic mass is 32.2. The summed E-state index contributed by atoms with van der Waals surface area (Å²) in [5.74, 6) is 0.250. The molecule has 2 aromatic rings. The van der Waals surface area contributed by atoms with Gasteiger partial charge >= 0.3 is 0 Å². The zero-order valence-corrected chi connectivity index (χ0v) is 16.3. The molecule has 2 aliphatic rings. The molecule has 2 aromatic carbocycles. The maximum absolute atomic E-state index is 14.5. The summed E-state index contributed by atoms with van der Waals surface area (Å²) in [5.41, 5.74) is 2.00. The van der Waals surface area contributed by atoms with Crippen molar-refractivity contribution in [3.05, 3.63) is 58.8 Å². The second-order valence-electron chi connectivity index (χ2n) is 6.58. The quantitative estimate of drug-likeness (QED) is 0.781. The Morgan fingerprint density at radius 2 is 1.93 bits per heavy atom. The summed E-state index contributed by atoms with van der Waals surface area (Å²) in [6.45, 7) is 1.78. The van der Waals surface area contributed by atoms with Crippen LogP contribution in [0.2, 0.25) is 0 Å². The predicted molar refractivity (Wildman–Crippen MR) is 112 cm³/mol. The third kappa shape index (κ3) is 4.04. The molecule has 0 radical (unpaired) electrons. The maximum Gasteiger partial charge on any atom is 0.264 e. The van der Waals surface area contributed by atoms with E-state index in [1.54, 1.807) is 19.3 Å². The number of ether oxygens (including phenoxy) is 1. The van der Waals surface area contributed by atoms with Crippen LogP contribution in [0.25, 0.3) is 6.08 Å². The average molecular weight is 397 g/mol. The lowest BCUT2D eigenvalue weighted by Gasteiger charge is -2.18. The summed E-state index contributed by atoms with van der Waals surface area (Å²) in [4.78, 5) is 19.2. The third-order valence-electron chi connectivity index (χ3n) is 4.67. The van der Waals surface area contributed by atoms with Gasteiger partial charge in [-0.15, -0.1) is 0 Å². The van der Waals surface area contributed by atoms with E-state index in [2.05, 4.69) is 15.2 Å². The summed E-state index contributed by atoms with van der Waals surface area (Å²) in [6, 6.07) is 12.4. The Kier molecular flexibility index (Phi) is 5.34. The fraction of sp³-hybridized carbons (Fsp3) is 0.238. The molecular formula is C21H20FN3O2S. The number of nitrogens with one attached hydrogen (secondary N) is 1. The van der Waals surface area contributed by atoms with Gasteiger partial charge in [0.15, 0.2) is 5.17 Å². The van der Waals surface area contributed by atoms with Gasteiger partial charge < -0.3 is 15.0 Å². The van der Waals surface area contributed by atoms with E-state index in [1.165, 1.54) is 17.8 Å². The number of nitrogens with zero attached hydrogens (tertiary/aromatic N) is 2. The number of carbonyl (C=O) groups is 1. The Bertz CT molecular complexity index is 951. The molecule has 2 heterocycles. The molecule has 0 saturated carbocycles. The number of anilines is 1. The molecule has 7 heteroatoms. The number of amidine groups is 1. The van der Waals surface area contributed by atoms with E-state index in [-0.39, 0.29) is 11.7 Å². The molecule has 0 atom stereocenters. The Morgan fingerprint density at radius 1 is 1.18 bits per heavy atom. The Labute approximate surface area is 167 Å². The van der Waals surface area contributed by atoms with Crippen molar-refractivity contribution in [2.24, 2.45) is 4.99 Å². The molecule has 0 spiro atoms. The summed E-state index contributed by atoms with van der Waals surface area (Å²) in [6.07, 6.45) is 3.88. The number of hydrogen-bond donors (Lipinski definition) is 1.